The van der Waals surface area contributed by atoms with Crippen LogP contribution in [0.1, 0.15) is 47.0 Å². The molecular formula is C25H22F3N5O. The number of amides is 1. The van der Waals surface area contributed by atoms with Gasteiger partial charge in [0.15, 0.2) is 5.65 Å². The van der Waals surface area contributed by atoms with Crippen LogP contribution in [0.4, 0.5) is 18.9 Å². The highest BCUT2D eigenvalue weighted by Gasteiger charge is 2.33. The number of hydrogen-bond acceptors (Lipinski definition) is 5. The van der Waals surface area contributed by atoms with Crippen molar-refractivity contribution < 1.29 is 18.0 Å². The zero-order valence-corrected chi connectivity index (χ0v) is 18.9. The average Bonchev–Trinajstić information content (AvgIpc) is 2.83. The fourth-order valence-corrected chi connectivity index (χ4v) is 3.63. The molecule has 0 fully saturated rings. The van der Waals surface area contributed by atoms with Gasteiger partial charge in [0.2, 0.25) is 0 Å². The van der Waals surface area contributed by atoms with E-state index in [0.717, 1.165) is 45.9 Å². The molecule has 174 valence electrons. The van der Waals surface area contributed by atoms with Gasteiger partial charge in [-0.05, 0) is 54.8 Å². The number of rotatable bonds is 5. The molecule has 1 N–H and O–H groups in total. The summed E-state index contributed by atoms with van der Waals surface area (Å²) in [6.45, 7) is 5.93. The molecule has 1 amide bonds. The van der Waals surface area contributed by atoms with Crippen molar-refractivity contribution in [2.24, 2.45) is 0 Å². The Morgan fingerprint density at radius 1 is 0.971 bits per heavy atom. The van der Waals surface area contributed by atoms with Crippen LogP contribution in [0.2, 0.25) is 0 Å². The number of benzene rings is 1. The van der Waals surface area contributed by atoms with Gasteiger partial charge in [0.05, 0.1) is 5.69 Å². The average molecular weight is 465 g/mol. The van der Waals surface area contributed by atoms with Gasteiger partial charge < -0.3 is 5.32 Å². The molecule has 4 rings (SSSR count). The standard InChI is InChI=1S/C25H22F3N5O/c1-4-20-19(10-16-13-30-22(5-2)33-23(16)32-20)18-12-17(7-6-14(18)3)31-24(34)15-8-9-29-21(11-15)25(26,27)28/h6-13H,4-5H2,1-3H3,(H,31,34). The minimum Gasteiger partial charge on any atom is -0.322 e. The second-order valence-corrected chi connectivity index (χ2v) is 7.80. The van der Waals surface area contributed by atoms with Crippen LogP contribution in [0, 0.1) is 6.92 Å². The normalized spacial score (nSPS) is 11.6. The molecule has 0 aliphatic carbocycles. The Balaban J connectivity index is 1.70. The summed E-state index contributed by atoms with van der Waals surface area (Å²) in [7, 11) is 0. The van der Waals surface area contributed by atoms with E-state index in [1.54, 1.807) is 18.3 Å². The van der Waals surface area contributed by atoms with Crippen LogP contribution < -0.4 is 5.32 Å². The molecule has 0 atom stereocenters. The Kier molecular flexibility index (Phi) is 6.28. The monoisotopic (exact) mass is 465 g/mol. The fraction of sp³-hybridized carbons (Fsp3) is 0.240. The van der Waals surface area contributed by atoms with E-state index in [9.17, 15) is 18.0 Å². The minimum absolute atomic E-state index is 0.130. The van der Waals surface area contributed by atoms with Crippen molar-refractivity contribution >= 4 is 22.6 Å². The summed E-state index contributed by atoms with van der Waals surface area (Å²) >= 11 is 0. The summed E-state index contributed by atoms with van der Waals surface area (Å²) in [5, 5.41) is 3.49. The Labute approximate surface area is 194 Å². The highest BCUT2D eigenvalue weighted by molar-refractivity contribution is 6.04. The first-order chi connectivity index (χ1) is 16.2. The topological polar surface area (TPSA) is 80.7 Å². The SMILES string of the molecule is CCc1ncc2cc(-c3cc(NC(=O)c4ccnc(C(F)(F)F)c4)ccc3C)c(CC)nc2n1. The Morgan fingerprint density at radius 2 is 1.76 bits per heavy atom. The molecule has 0 saturated heterocycles. The maximum atomic E-state index is 13.0. The number of aromatic nitrogens is 4. The van der Waals surface area contributed by atoms with Crippen LogP contribution in [-0.2, 0) is 19.0 Å². The Morgan fingerprint density at radius 3 is 2.47 bits per heavy atom. The number of aryl methyl sites for hydroxylation is 3. The summed E-state index contributed by atoms with van der Waals surface area (Å²) in [5.41, 5.74) is 3.40. The number of carbonyl (C=O) groups is 1. The van der Waals surface area contributed by atoms with E-state index in [2.05, 4.69) is 20.3 Å². The van der Waals surface area contributed by atoms with E-state index in [4.69, 9.17) is 4.98 Å². The largest absolute Gasteiger partial charge is 0.433 e. The maximum absolute atomic E-state index is 13.0. The number of nitrogens with one attached hydrogen (secondary N) is 1. The zero-order valence-electron chi connectivity index (χ0n) is 18.9. The van der Waals surface area contributed by atoms with Crippen molar-refractivity contribution in [2.75, 3.05) is 5.32 Å². The van der Waals surface area contributed by atoms with Crippen LogP contribution in [0.25, 0.3) is 22.2 Å². The van der Waals surface area contributed by atoms with Crippen molar-refractivity contribution in [3.05, 3.63) is 77.1 Å². The molecule has 9 heteroatoms. The molecule has 0 aliphatic heterocycles. The predicted molar refractivity (Wildman–Crippen MR) is 123 cm³/mol. The molecule has 4 aromatic rings. The molecule has 3 aromatic heterocycles. The smallest absolute Gasteiger partial charge is 0.322 e. The lowest BCUT2D eigenvalue weighted by Crippen LogP contribution is -2.15. The molecule has 0 unspecified atom stereocenters. The third kappa shape index (κ3) is 4.73. The van der Waals surface area contributed by atoms with E-state index in [0.29, 0.717) is 24.2 Å². The molecule has 0 saturated carbocycles. The van der Waals surface area contributed by atoms with Crippen molar-refractivity contribution in [3.63, 3.8) is 0 Å². The van der Waals surface area contributed by atoms with Gasteiger partial charge in [-0.1, -0.05) is 19.9 Å². The summed E-state index contributed by atoms with van der Waals surface area (Å²) in [4.78, 5) is 29.6. The molecule has 6 nitrogen and oxygen atoms in total. The molecule has 34 heavy (non-hydrogen) atoms. The van der Waals surface area contributed by atoms with E-state index in [1.165, 1.54) is 6.07 Å². The van der Waals surface area contributed by atoms with Crippen LogP contribution in [0.15, 0.2) is 48.8 Å². The first-order valence-electron chi connectivity index (χ1n) is 10.8. The van der Waals surface area contributed by atoms with E-state index in [-0.39, 0.29) is 5.56 Å². The number of pyridine rings is 2. The Hall–Kier alpha value is -3.88. The lowest BCUT2D eigenvalue weighted by molar-refractivity contribution is -0.141. The van der Waals surface area contributed by atoms with Gasteiger partial charge >= 0.3 is 6.18 Å². The molecule has 0 radical (unpaired) electrons. The van der Waals surface area contributed by atoms with Crippen molar-refractivity contribution in [2.45, 2.75) is 39.8 Å². The molecule has 1 aromatic carbocycles. The number of alkyl halides is 3. The first kappa shape index (κ1) is 23.3. The molecule has 0 bridgehead atoms. The number of carbonyl (C=O) groups excluding carboxylic acids is 1. The number of hydrogen-bond donors (Lipinski definition) is 1. The van der Waals surface area contributed by atoms with Gasteiger partial charge in [0, 0.05) is 41.0 Å². The van der Waals surface area contributed by atoms with E-state index >= 15 is 0 Å². The number of fused-ring (bicyclic) bond motifs is 1. The summed E-state index contributed by atoms with van der Waals surface area (Å²) in [6.07, 6.45) is -0.527. The van der Waals surface area contributed by atoms with Gasteiger partial charge in [-0.2, -0.15) is 13.2 Å². The van der Waals surface area contributed by atoms with Gasteiger partial charge in [0.25, 0.3) is 5.91 Å². The highest BCUT2D eigenvalue weighted by Crippen LogP contribution is 2.32. The first-order valence-corrected chi connectivity index (χ1v) is 10.8. The second kappa shape index (κ2) is 9.17. The fourth-order valence-electron chi connectivity index (χ4n) is 3.63. The van der Waals surface area contributed by atoms with Gasteiger partial charge in [-0.25, -0.2) is 15.0 Å². The predicted octanol–water partition coefficient (Wildman–Crippen LogP) is 5.79. The van der Waals surface area contributed by atoms with Crippen LogP contribution >= 0.6 is 0 Å². The highest BCUT2D eigenvalue weighted by atomic mass is 19.4. The van der Waals surface area contributed by atoms with Gasteiger partial charge in [-0.15, -0.1) is 0 Å². The number of halogens is 3. The number of anilines is 1. The summed E-state index contributed by atoms with van der Waals surface area (Å²) < 4.78 is 38.9. The third-order valence-electron chi connectivity index (χ3n) is 5.45. The Bertz CT molecular complexity index is 1390. The molecule has 3 heterocycles. The molecule has 0 spiro atoms. The maximum Gasteiger partial charge on any atom is 0.433 e. The van der Waals surface area contributed by atoms with Crippen LogP contribution in [-0.4, -0.2) is 25.8 Å². The summed E-state index contributed by atoms with van der Waals surface area (Å²) in [6, 6.07) is 9.30. The molecular weight excluding hydrogens is 443 g/mol. The second-order valence-electron chi connectivity index (χ2n) is 7.80. The lowest BCUT2D eigenvalue weighted by Gasteiger charge is -2.14. The van der Waals surface area contributed by atoms with Gasteiger partial charge in [-0.3, -0.25) is 9.78 Å². The van der Waals surface area contributed by atoms with Crippen molar-refractivity contribution in [1.29, 1.82) is 0 Å². The van der Waals surface area contributed by atoms with Crippen LogP contribution in [0.5, 0.6) is 0 Å². The lowest BCUT2D eigenvalue weighted by atomic mass is 9.96. The quantitative estimate of drug-likeness (QED) is 0.403. The minimum atomic E-state index is -4.63. The van der Waals surface area contributed by atoms with E-state index < -0.39 is 17.8 Å². The summed E-state index contributed by atoms with van der Waals surface area (Å²) in [5.74, 6) is 0.0658. The molecule has 0 aliphatic rings. The number of nitrogens with zero attached hydrogens (tertiary/aromatic N) is 4. The van der Waals surface area contributed by atoms with Crippen molar-refractivity contribution in [3.8, 4) is 11.1 Å². The van der Waals surface area contributed by atoms with Crippen LogP contribution in [0.3, 0.4) is 0 Å². The van der Waals surface area contributed by atoms with Gasteiger partial charge in [0.1, 0.15) is 11.5 Å². The third-order valence-corrected chi connectivity index (χ3v) is 5.45. The van der Waals surface area contributed by atoms with Crippen molar-refractivity contribution in [1.82, 2.24) is 19.9 Å². The zero-order chi connectivity index (χ0) is 24.5. The van der Waals surface area contributed by atoms with E-state index in [1.807, 2.05) is 32.9 Å².